The number of sulfone groups is 1. The van der Waals surface area contributed by atoms with E-state index in [0.717, 1.165) is 36.1 Å². The van der Waals surface area contributed by atoms with Gasteiger partial charge in [-0.05, 0) is 47.9 Å². The Morgan fingerprint density at radius 2 is 2.03 bits per heavy atom. The summed E-state index contributed by atoms with van der Waals surface area (Å²) in [4.78, 5) is 15.3. The predicted molar refractivity (Wildman–Crippen MR) is 140 cm³/mol. The summed E-state index contributed by atoms with van der Waals surface area (Å²) in [7, 11) is -1.55. The number of likely N-dealkylation sites (N-methyl/N-ethyl adjacent to an activating group) is 1. The van der Waals surface area contributed by atoms with Crippen molar-refractivity contribution in [2.45, 2.75) is 37.4 Å². The van der Waals surface area contributed by atoms with Crippen molar-refractivity contribution in [3.05, 3.63) is 62.6 Å². The van der Waals surface area contributed by atoms with Gasteiger partial charge in [-0.25, -0.2) is 8.42 Å². The minimum atomic E-state index is -3.44. The van der Waals surface area contributed by atoms with Gasteiger partial charge in [0.2, 0.25) is 0 Å². The number of nitrogens with one attached hydrogen (secondary N) is 1. The lowest BCUT2D eigenvalue weighted by Crippen LogP contribution is -2.38. The van der Waals surface area contributed by atoms with Gasteiger partial charge >= 0.3 is 0 Å². The number of rotatable bonds is 9. The molecule has 7 nitrogen and oxygen atoms in total. The van der Waals surface area contributed by atoms with Crippen molar-refractivity contribution in [1.29, 1.82) is 0 Å². The second-order valence-corrected chi connectivity index (χ2v) is 13.3. The van der Waals surface area contributed by atoms with E-state index in [1.807, 2.05) is 17.4 Å². The maximum absolute atomic E-state index is 12.8. The number of amides is 1. The van der Waals surface area contributed by atoms with E-state index in [0.29, 0.717) is 16.1 Å². The molecule has 1 amide bonds. The summed E-state index contributed by atoms with van der Waals surface area (Å²) >= 11 is 8.65. The third-order valence-corrected chi connectivity index (χ3v) is 9.96. The summed E-state index contributed by atoms with van der Waals surface area (Å²) in [5.74, 6) is -0.339. The zero-order valence-electron chi connectivity index (χ0n) is 19.4. The van der Waals surface area contributed by atoms with Crippen LogP contribution >= 0.6 is 27.5 Å². The molecule has 1 fully saturated rings. The van der Waals surface area contributed by atoms with Crippen LogP contribution in [0.15, 0.2) is 45.8 Å². The van der Waals surface area contributed by atoms with Gasteiger partial charge in [0, 0.05) is 59.6 Å². The first-order valence-corrected chi connectivity index (χ1v) is 15.2. The number of halogens is 2. The Balaban J connectivity index is 1.65. The lowest BCUT2D eigenvalue weighted by atomic mass is 10.1. The molecule has 0 bridgehead atoms. The van der Waals surface area contributed by atoms with Crippen molar-refractivity contribution < 1.29 is 17.8 Å². The van der Waals surface area contributed by atoms with E-state index in [2.05, 4.69) is 26.1 Å². The van der Waals surface area contributed by atoms with Crippen molar-refractivity contribution in [2.24, 2.45) is 0 Å². The van der Waals surface area contributed by atoms with Gasteiger partial charge < -0.3 is 9.87 Å². The van der Waals surface area contributed by atoms with Crippen LogP contribution in [0, 0.1) is 0 Å². The van der Waals surface area contributed by atoms with Crippen LogP contribution < -0.4 is 5.32 Å². The van der Waals surface area contributed by atoms with Crippen LogP contribution in [0.3, 0.4) is 0 Å². The molecule has 1 unspecified atom stereocenters. The fourth-order valence-corrected chi connectivity index (χ4v) is 6.35. The van der Waals surface area contributed by atoms with Gasteiger partial charge in [0.25, 0.3) is 5.91 Å². The largest absolute Gasteiger partial charge is 0.598 e. The normalized spacial score (nSPS) is 17.8. The van der Waals surface area contributed by atoms with Crippen LogP contribution in [-0.2, 0) is 34.3 Å². The molecule has 3 rings (SSSR count). The summed E-state index contributed by atoms with van der Waals surface area (Å²) < 4.78 is 39.2. The highest BCUT2D eigenvalue weighted by Gasteiger charge is 2.30. The molecular weight excluding hydrogens is 562 g/mol. The Bertz CT molecular complexity index is 1150. The molecule has 1 saturated heterocycles. The van der Waals surface area contributed by atoms with Crippen molar-refractivity contribution in [3.63, 3.8) is 0 Å². The summed E-state index contributed by atoms with van der Waals surface area (Å²) in [6.07, 6.45) is 2.66. The lowest BCUT2D eigenvalue weighted by molar-refractivity contribution is 0.0950. The molecule has 2 aromatic rings. The molecule has 1 aliphatic rings. The molecule has 0 aliphatic carbocycles. The van der Waals surface area contributed by atoms with Gasteiger partial charge in [0.05, 0.1) is 16.7 Å². The molecule has 2 atom stereocenters. The molecule has 0 aromatic heterocycles. The number of carbonyl (C=O) groups excluding carboxylic acids is 1. The van der Waals surface area contributed by atoms with Gasteiger partial charge in [-0.15, -0.1) is 4.31 Å². The monoisotopic (exact) mass is 589 g/mol. The number of nitrogens with zero attached hydrogens (tertiary/aromatic N) is 2. The highest BCUT2D eigenvalue weighted by atomic mass is 79.9. The minimum absolute atomic E-state index is 0.0334. The van der Waals surface area contributed by atoms with Crippen molar-refractivity contribution in [2.75, 3.05) is 32.1 Å². The maximum Gasteiger partial charge on any atom is 0.251 e. The van der Waals surface area contributed by atoms with Gasteiger partial charge in [0.1, 0.15) is 6.26 Å². The van der Waals surface area contributed by atoms with E-state index in [1.165, 1.54) is 12.1 Å². The first-order chi connectivity index (χ1) is 16.0. The van der Waals surface area contributed by atoms with Gasteiger partial charge in [-0.2, -0.15) is 0 Å². The summed E-state index contributed by atoms with van der Waals surface area (Å²) in [6, 6.07) is 10.3. The van der Waals surface area contributed by atoms with E-state index in [-0.39, 0.29) is 29.1 Å². The molecule has 34 heavy (non-hydrogen) atoms. The maximum atomic E-state index is 12.8. The average Bonchev–Trinajstić information content (AvgIpc) is 3.26. The van der Waals surface area contributed by atoms with E-state index in [9.17, 15) is 17.8 Å². The predicted octanol–water partition coefficient (Wildman–Crippen LogP) is 3.63. The smallest absolute Gasteiger partial charge is 0.251 e. The number of carbonyl (C=O) groups is 1. The van der Waals surface area contributed by atoms with Crippen LogP contribution in [0.1, 0.15) is 34.8 Å². The van der Waals surface area contributed by atoms with Crippen LogP contribution in [0.25, 0.3) is 0 Å². The summed E-state index contributed by atoms with van der Waals surface area (Å²) in [5.41, 5.74) is 1.99. The molecule has 0 radical (unpaired) electrons. The molecule has 1 N–H and O–H groups in total. The number of hydrogen-bond acceptors (Lipinski definition) is 6. The SMILES string of the molecule is CCS(=O)(=O)c1ccc(Cl)cc1CNC(=O)c1ccc(CN2CC[C@@H](N(C)[S+](C)[O-])C2)c(Br)c1. The quantitative estimate of drug-likeness (QED) is 0.449. The third-order valence-electron chi connectivity index (χ3n) is 6.05. The molecule has 1 aliphatic heterocycles. The fourth-order valence-electron chi connectivity index (χ4n) is 3.94. The van der Waals surface area contributed by atoms with Gasteiger partial charge in [-0.1, -0.05) is 40.5 Å². The molecular formula is C23H29BrClN3O4S2. The number of likely N-dealkylation sites (tertiary alicyclic amines) is 1. The summed E-state index contributed by atoms with van der Waals surface area (Å²) in [6.45, 7) is 4.12. The topological polar surface area (TPSA) is 92.8 Å². The Kier molecular flexibility index (Phi) is 9.47. The Labute approximate surface area is 218 Å². The van der Waals surface area contributed by atoms with E-state index in [1.54, 1.807) is 31.4 Å². The Morgan fingerprint density at radius 1 is 1.29 bits per heavy atom. The molecule has 11 heteroatoms. The van der Waals surface area contributed by atoms with E-state index < -0.39 is 21.2 Å². The van der Waals surface area contributed by atoms with Gasteiger partial charge in [0.15, 0.2) is 9.84 Å². The zero-order valence-corrected chi connectivity index (χ0v) is 23.4. The number of benzene rings is 2. The van der Waals surface area contributed by atoms with Crippen molar-refractivity contribution in [3.8, 4) is 0 Å². The Hall–Kier alpha value is -1.14. The summed E-state index contributed by atoms with van der Waals surface area (Å²) in [5, 5.41) is 3.21. The van der Waals surface area contributed by atoms with E-state index in [4.69, 9.17) is 11.6 Å². The molecule has 0 saturated carbocycles. The standard InChI is InChI=1S/C23H29BrClN3O4S2/c1-4-34(31,32)22-8-7-19(25)11-18(22)13-26-23(29)16-5-6-17(21(24)12-16)14-28-10-9-20(15-28)27(2)33(3)30/h5-8,11-12,20H,4,9-10,13-15H2,1-3H3,(H,26,29)/t20-,33?/m1/s1. The molecule has 186 valence electrons. The number of hydrogen-bond donors (Lipinski definition) is 1. The molecule has 2 aromatic carbocycles. The van der Waals surface area contributed by atoms with Crippen molar-refractivity contribution >= 4 is 54.6 Å². The third kappa shape index (κ3) is 6.75. The van der Waals surface area contributed by atoms with E-state index >= 15 is 0 Å². The molecule has 1 heterocycles. The highest BCUT2D eigenvalue weighted by molar-refractivity contribution is 9.10. The molecule has 0 spiro atoms. The van der Waals surface area contributed by atoms with Crippen LogP contribution in [0.4, 0.5) is 0 Å². The van der Waals surface area contributed by atoms with Crippen LogP contribution in [0.5, 0.6) is 0 Å². The first-order valence-electron chi connectivity index (χ1n) is 10.9. The highest BCUT2D eigenvalue weighted by Crippen LogP contribution is 2.25. The Morgan fingerprint density at radius 3 is 2.68 bits per heavy atom. The zero-order chi connectivity index (χ0) is 25.0. The van der Waals surface area contributed by atoms with Crippen molar-refractivity contribution in [1.82, 2.24) is 14.5 Å². The second kappa shape index (κ2) is 11.7. The van der Waals surface area contributed by atoms with Crippen LogP contribution in [-0.4, -0.2) is 66.3 Å². The second-order valence-electron chi connectivity index (χ2n) is 8.29. The minimum Gasteiger partial charge on any atom is -0.598 e. The van der Waals surface area contributed by atoms with Gasteiger partial charge in [-0.3, -0.25) is 9.69 Å². The first kappa shape index (κ1) is 27.4. The lowest BCUT2D eigenvalue weighted by Gasteiger charge is -2.24. The van der Waals surface area contributed by atoms with Crippen LogP contribution in [0.2, 0.25) is 5.02 Å². The fraction of sp³-hybridized carbons (Fsp3) is 0.435. The average molecular weight is 591 g/mol.